The van der Waals surface area contributed by atoms with E-state index >= 15 is 0 Å². The molecule has 1 saturated heterocycles. The van der Waals surface area contributed by atoms with Crippen molar-refractivity contribution in [3.8, 4) is 0 Å². The summed E-state index contributed by atoms with van der Waals surface area (Å²) >= 11 is 0. The van der Waals surface area contributed by atoms with Crippen LogP contribution in [-0.2, 0) is 14.3 Å². The van der Waals surface area contributed by atoms with E-state index in [1.165, 1.54) is 89.2 Å². The van der Waals surface area contributed by atoms with E-state index in [0.717, 1.165) is 80.2 Å². The topological polar surface area (TPSA) is 149 Å². The van der Waals surface area contributed by atoms with Gasteiger partial charge in [0.1, 0.15) is 0 Å². The number of nitrogens with zero attached hydrogens (tertiary/aromatic N) is 3. The standard InChI is InChI=1S/C36H53N5O4.C4H10O.ClH.H2O/c1-3-32-35(33(34(37-25-42)27(2)38-32)28-15-17-31(18-16-28)41(44)45)40(26-43)22-10-21-39-23-19-36(20-24-39,29-11-6-4-7-12-29)30-13-8-5-9-14-30;1-3-5-4-2;;/h15-18,25-26,29-30,33,38H,3-14,19-24H2,1-2H3,(H,37,42);3-4H2,1-2H3;1H;1H2. The Kier molecular flexibility index (Phi) is 19.9. The number of nitrogens with one attached hydrogen (secondary N) is 2. The lowest BCUT2D eigenvalue weighted by molar-refractivity contribution is -0.384. The summed E-state index contributed by atoms with van der Waals surface area (Å²) in [5.41, 5.74) is 4.48. The van der Waals surface area contributed by atoms with E-state index in [-0.39, 0.29) is 23.6 Å². The summed E-state index contributed by atoms with van der Waals surface area (Å²) in [4.78, 5) is 39.7. The Labute approximate surface area is 318 Å². The average Bonchev–Trinajstić information content (AvgIpc) is 3.16. The lowest BCUT2D eigenvalue weighted by Gasteiger charge is -2.53. The van der Waals surface area contributed by atoms with Gasteiger partial charge in [-0.15, -0.1) is 12.4 Å². The molecule has 2 saturated carbocycles. The number of nitro groups is 1. The number of rotatable bonds is 15. The summed E-state index contributed by atoms with van der Waals surface area (Å²) in [6.07, 6.45) is 19.9. The van der Waals surface area contributed by atoms with Crippen LogP contribution in [0.25, 0.3) is 0 Å². The number of benzene rings is 1. The lowest BCUT2D eigenvalue weighted by Crippen LogP contribution is -2.49. The number of allylic oxidation sites excluding steroid dienone is 2. The third-order valence-electron chi connectivity index (χ3n) is 12.0. The fourth-order valence-electron chi connectivity index (χ4n) is 9.46. The first-order chi connectivity index (χ1) is 24.3. The van der Waals surface area contributed by atoms with Gasteiger partial charge in [0.05, 0.1) is 22.2 Å². The molecule has 3 fully saturated rings. The molecule has 2 amide bonds. The number of dihydropyridines is 1. The molecule has 4 aliphatic rings. The summed E-state index contributed by atoms with van der Waals surface area (Å²) in [5, 5.41) is 17.6. The van der Waals surface area contributed by atoms with Crippen LogP contribution in [0.4, 0.5) is 5.69 Å². The SMILES string of the molecule is CCC1=C(N(C=O)CCCN2CCC(C3CCCCC3)(C3CCCCC3)CC2)C(c2ccc([N+](=O)[O-])cc2)C(NC=O)=C(C)N1.CCOCC.Cl.O. The summed E-state index contributed by atoms with van der Waals surface area (Å²) < 4.78 is 4.83. The molecule has 11 nitrogen and oxygen atoms in total. The maximum Gasteiger partial charge on any atom is 0.269 e. The minimum absolute atomic E-state index is 0. The molecule has 1 aromatic carbocycles. The van der Waals surface area contributed by atoms with Crippen molar-refractivity contribution in [1.82, 2.24) is 20.4 Å². The second kappa shape index (κ2) is 22.9. The number of ether oxygens (including phenoxy) is 1. The molecule has 2 aliphatic heterocycles. The molecule has 294 valence electrons. The molecular weight excluding hydrogens is 682 g/mol. The van der Waals surface area contributed by atoms with Crippen LogP contribution in [-0.4, -0.2) is 72.4 Å². The highest BCUT2D eigenvalue weighted by molar-refractivity contribution is 5.85. The zero-order valence-corrected chi connectivity index (χ0v) is 32.9. The molecule has 1 aromatic rings. The van der Waals surface area contributed by atoms with Gasteiger partial charge >= 0.3 is 0 Å². The number of carbonyl (C=O) groups is 2. The molecule has 0 aromatic heterocycles. The number of piperidine rings is 1. The monoisotopic (exact) mass is 747 g/mol. The summed E-state index contributed by atoms with van der Waals surface area (Å²) in [5.74, 6) is 1.38. The van der Waals surface area contributed by atoms with Crippen molar-refractivity contribution >= 4 is 30.9 Å². The van der Waals surface area contributed by atoms with Crippen LogP contribution in [0.1, 0.15) is 129 Å². The molecule has 4 N–H and O–H groups in total. The largest absolute Gasteiger partial charge is 0.412 e. The smallest absolute Gasteiger partial charge is 0.269 e. The maximum absolute atomic E-state index is 12.7. The number of hydrogen-bond donors (Lipinski definition) is 2. The number of nitro benzene ring substituents is 1. The van der Waals surface area contributed by atoms with Gasteiger partial charge in [-0.05, 0) is 115 Å². The molecule has 2 aliphatic carbocycles. The number of hydrogen-bond acceptors (Lipinski definition) is 7. The highest BCUT2D eigenvalue weighted by atomic mass is 35.5. The number of carbonyl (C=O) groups excluding carboxylic acids is 2. The molecule has 1 unspecified atom stereocenters. The Bertz CT molecular complexity index is 1280. The van der Waals surface area contributed by atoms with Crippen molar-refractivity contribution in [3.05, 3.63) is 62.7 Å². The van der Waals surface area contributed by atoms with Gasteiger partial charge in [-0.1, -0.05) is 57.6 Å². The second-order valence-corrected chi connectivity index (χ2v) is 14.6. The zero-order chi connectivity index (χ0) is 35.9. The van der Waals surface area contributed by atoms with Crippen molar-refractivity contribution in [2.24, 2.45) is 17.3 Å². The molecule has 0 radical (unpaired) electrons. The van der Waals surface area contributed by atoms with Gasteiger partial charge in [0.2, 0.25) is 12.8 Å². The van der Waals surface area contributed by atoms with Crippen LogP contribution >= 0.6 is 12.4 Å². The fraction of sp³-hybridized carbons (Fsp3) is 0.700. The maximum atomic E-state index is 12.7. The van der Waals surface area contributed by atoms with E-state index in [1.54, 1.807) is 17.0 Å². The Hall–Kier alpha value is -2.99. The van der Waals surface area contributed by atoms with Crippen LogP contribution in [0.15, 0.2) is 47.1 Å². The summed E-state index contributed by atoms with van der Waals surface area (Å²) in [6.45, 7) is 13.4. The van der Waals surface area contributed by atoms with Crippen LogP contribution in [0.5, 0.6) is 0 Å². The van der Waals surface area contributed by atoms with Gasteiger partial charge in [0, 0.05) is 43.3 Å². The van der Waals surface area contributed by atoms with Crippen LogP contribution < -0.4 is 10.6 Å². The van der Waals surface area contributed by atoms with Crippen molar-refractivity contribution in [1.29, 1.82) is 0 Å². The molecule has 0 spiro atoms. The summed E-state index contributed by atoms with van der Waals surface area (Å²) in [7, 11) is 0. The average molecular weight is 748 g/mol. The normalized spacial score (nSPS) is 21.0. The number of likely N-dealkylation sites (tertiary alicyclic amines) is 1. The van der Waals surface area contributed by atoms with E-state index < -0.39 is 10.8 Å². The Morgan fingerprint density at radius 1 is 0.962 bits per heavy atom. The summed E-state index contributed by atoms with van der Waals surface area (Å²) in [6, 6.07) is 6.42. The molecule has 0 bridgehead atoms. The number of halogens is 1. The first-order valence-corrected chi connectivity index (χ1v) is 19.5. The van der Waals surface area contributed by atoms with E-state index in [0.29, 0.717) is 30.5 Å². The fourth-order valence-corrected chi connectivity index (χ4v) is 9.46. The van der Waals surface area contributed by atoms with E-state index in [9.17, 15) is 19.7 Å². The van der Waals surface area contributed by atoms with Crippen LogP contribution in [0, 0.1) is 27.4 Å². The molecular formula is C40H66ClN5O6. The van der Waals surface area contributed by atoms with Gasteiger partial charge in [-0.25, -0.2) is 0 Å². The Morgan fingerprint density at radius 2 is 1.52 bits per heavy atom. The third-order valence-corrected chi connectivity index (χ3v) is 12.0. The van der Waals surface area contributed by atoms with Crippen molar-refractivity contribution < 1.29 is 24.7 Å². The molecule has 12 heteroatoms. The molecule has 2 heterocycles. The van der Waals surface area contributed by atoms with Crippen molar-refractivity contribution in [2.75, 3.05) is 39.4 Å². The van der Waals surface area contributed by atoms with Gasteiger partial charge in [0.25, 0.3) is 5.69 Å². The Balaban J connectivity index is 0.00000125. The lowest BCUT2D eigenvalue weighted by atomic mass is 9.55. The highest BCUT2D eigenvalue weighted by Crippen LogP contribution is 2.54. The minimum Gasteiger partial charge on any atom is -0.412 e. The van der Waals surface area contributed by atoms with Crippen LogP contribution in [0.3, 0.4) is 0 Å². The van der Waals surface area contributed by atoms with Crippen molar-refractivity contribution in [2.45, 2.75) is 124 Å². The molecule has 1 atom stereocenters. The third kappa shape index (κ3) is 11.3. The van der Waals surface area contributed by atoms with Gasteiger partial charge in [-0.3, -0.25) is 19.7 Å². The van der Waals surface area contributed by atoms with E-state index in [2.05, 4.69) is 15.5 Å². The van der Waals surface area contributed by atoms with Crippen molar-refractivity contribution in [3.63, 3.8) is 0 Å². The van der Waals surface area contributed by atoms with Gasteiger partial charge in [0.15, 0.2) is 0 Å². The minimum atomic E-state index is -0.431. The predicted molar refractivity (Wildman–Crippen MR) is 210 cm³/mol. The second-order valence-electron chi connectivity index (χ2n) is 14.6. The number of non-ortho nitro benzene ring substituents is 1. The quantitative estimate of drug-likeness (QED) is 0.107. The molecule has 52 heavy (non-hydrogen) atoms. The van der Waals surface area contributed by atoms with Gasteiger partial charge in [-0.2, -0.15) is 0 Å². The van der Waals surface area contributed by atoms with E-state index in [4.69, 9.17) is 4.74 Å². The van der Waals surface area contributed by atoms with Gasteiger partial charge < -0.3 is 30.6 Å². The predicted octanol–water partition coefficient (Wildman–Crippen LogP) is 7.61. The first-order valence-electron chi connectivity index (χ1n) is 19.5. The number of amides is 2. The van der Waals surface area contributed by atoms with E-state index in [1.807, 2.05) is 27.7 Å². The Morgan fingerprint density at radius 3 is 1.96 bits per heavy atom. The zero-order valence-electron chi connectivity index (χ0n) is 32.1. The first kappa shape index (κ1) is 45.2. The molecule has 5 rings (SSSR count). The van der Waals surface area contributed by atoms with Crippen LogP contribution in [0.2, 0.25) is 0 Å². The highest BCUT2D eigenvalue weighted by Gasteiger charge is 2.47.